The van der Waals surface area contributed by atoms with Crippen molar-refractivity contribution >= 4 is 31.9 Å². The summed E-state index contributed by atoms with van der Waals surface area (Å²) in [7, 11) is 0. The smallest absolute Gasteiger partial charge is 0.248 e. The van der Waals surface area contributed by atoms with E-state index in [-0.39, 0.29) is 0 Å². The lowest BCUT2D eigenvalue weighted by Gasteiger charge is -1.99. The third kappa shape index (κ3) is 3.14. The molecule has 0 aliphatic heterocycles. The van der Waals surface area contributed by atoms with Crippen LogP contribution in [0.3, 0.4) is 0 Å². The van der Waals surface area contributed by atoms with Crippen LogP contribution in [0.2, 0.25) is 0 Å². The highest BCUT2D eigenvalue weighted by Gasteiger charge is 2.11. The van der Waals surface area contributed by atoms with Gasteiger partial charge in [-0.25, -0.2) is 0 Å². The van der Waals surface area contributed by atoms with E-state index in [4.69, 9.17) is 10.2 Å². The van der Waals surface area contributed by atoms with Crippen molar-refractivity contribution in [2.75, 3.05) is 6.54 Å². The van der Waals surface area contributed by atoms with Gasteiger partial charge in [0.1, 0.15) is 0 Å². The van der Waals surface area contributed by atoms with Gasteiger partial charge < -0.3 is 10.2 Å². The second-order valence-electron chi connectivity index (χ2n) is 3.52. The lowest BCUT2D eigenvalue weighted by molar-refractivity contribution is 0.498. The van der Waals surface area contributed by atoms with Gasteiger partial charge in [-0.05, 0) is 47.1 Å². The van der Waals surface area contributed by atoms with Crippen LogP contribution in [-0.2, 0) is 6.42 Å². The Kier molecular flexibility index (Phi) is 4.31. The van der Waals surface area contributed by atoms with Gasteiger partial charge in [0.2, 0.25) is 11.8 Å². The molecule has 0 atom stereocenters. The minimum Gasteiger partial charge on any atom is -0.421 e. The molecule has 1 aromatic carbocycles. The predicted octanol–water partition coefficient (Wildman–Crippen LogP) is 3.15. The van der Waals surface area contributed by atoms with E-state index in [1.165, 1.54) is 0 Å². The van der Waals surface area contributed by atoms with Crippen molar-refractivity contribution in [3.8, 4) is 11.5 Å². The molecular formula is C11H11Br2N3O. The van der Waals surface area contributed by atoms with Crippen LogP contribution in [0.15, 0.2) is 31.6 Å². The molecule has 0 aliphatic carbocycles. The Morgan fingerprint density at radius 3 is 2.82 bits per heavy atom. The number of halogens is 2. The number of nitrogens with zero attached hydrogens (tertiary/aromatic N) is 2. The second kappa shape index (κ2) is 5.75. The number of nitrogens with two attached hydrogens (primary N) is 1. The zero-order chi connectivity index (χ0) is 12.3. The van der Waals surface area contributed by atoms with E-state index >= 15 is 0 Å². The fourth-order valence-corrected chi connectivity index (χ4v) is 2.16. The minimum atomic E-state index is 0.519. The van der Waals surface area contributed by atoms with Gasteiger partial charge in [-0.1, -0.05) is 15.9 Å². The number of hydrogen-bond donors (Lipinski definition) is 1. The lowest BCUT2D eigenvalue weighted by atomic mass is 10.2. The zero-order valence-electron chi connectivity index (χ0n) is 8.99. The van der Waals surface area contributed by atoms with Crippen LogP contribution < -0.4 is 5.73 Å². The number of benzene rings is 1. The molecule has 0 amide bonds. The van der Waals surface area contributed by atoms with Crippen LogP contribution in [0.5, 0.6) is 0 Å². The number of aromatic nitrogens is 2. The maximum Gasteiger partial charge on any atom is 0.248 e. The number of aryl methyl sites for hydroxylation is 1. The van der Waals surface area contributed by atoms with Gasteiger partial charge in [0.15, 0.2) is 0 Å². The highest BCUT2D eigenvalue weighted by Crippen LogP contribution is 2.30. The zero-order valence-corrected chi connectivity index (χ0v) is 12.2. The average Bonchev–Trinajstić information content (AvgIpc) is 2.78. The molecule has 6 heteroatoms. The molecule has 1 aromatic heterocycles. The molecule has 0 spiro atoms. The summed E-state index contributed by atoms with van der Waals surface area (Å²) in [5, 5.41) is 8.03. The summed E-state index contributed by atoms with van der Waals surface area (Å²) in [6.07, 6.45) is 1.57. The molecule has 2 N–H and O–H groups in total. The van der Waals surface area contributed by atoms with Crippen molar-refractivity contribution < 1.29 is 4.42 Å². The van der Waals surface area contributed by atoms with Crippen LogP contribution in [0.25, 0.3) is 11.5 Å². The molecule has 2 aromatic rings. The highest BCUT2D eigenvalue weighted by atomic mass is 79.9. The molecule has 1 heterocycles. The third-order valence-electron chi connectivity index (χ3n) is 2.22. The Morgan fingerprint density at radius 1 is 1.24 bits per heavy atom. The summed E-state index contributed by atoms with van der Waals surface area (Å²) in [4.78, 5) is 0. The molecule has 4 nitrogen and oxygen atoms in total. The van der Waals surface area contributed by atoms with Crippen LogP contribution in [0.4, 0.5) is 0 Å². The maximum absolute atomic E-state index is 5.58. The van der Waals surface area contributed by atoms with Gasteiger partial charge in [-0.2, -0.15) is 0 Å². The topological polar surface area (TPSA) is 64.9 Å². The highest BCUT2D eigenvalue weighted by molar-refractivity contribution is 9.11. The van der Waals surface area contributed by atoms with Crippen molar-refractivity contribution in [3.63, 3.8) is 0 Å². The summed E-state index contributed by atoms with van der Waals surface area (Å²) in [5.74, 6) is 1.14. The van der Waals surface area contributed by atoms with E-state index in [1.807, 2.05) is 18.2 Å². The van der Waals surface area contributed by atoms with Crippen molar-refractivity contribution in [1.29, 1.82) is 0 Å². The maximum atomic E-state index is 5.58. The van der Waals surface area contributed by atoms with E-state index in [0.717, 1.165) is 27.4 Å². The van der Waals surface area contributed by atoms with Gasteiger partial charge in [0, 0.05) is 15.4 Å². The van der Waals surface area contributed by atoms with Gasteiger partial charge in [0.25, 0.3) is 0 Å². The molecule has 90 valence electrons. The monoisotopic (exact) mass is 359 g/mol. The Bertz CT molecular complexity index is 513. The van der Waals surface area contributed by atoms with Crippen molar-refractivity contribution in [3.05, 3.63) is 33.0 Å². The first-order valence-electron chi connectivity index (χ1n) is 5.18. The van der Waals surface area contributed by atoms with Gasteiger partial charge in [-0.3, -0.25) is 0 Å². The summed E-state index contributed by atoms with van der Waals surface area (Å²) in [6, 6.07) is 5.81. The quantitative estimate of drug-likeness (QED) is 0.909. The lowest BCUT2D eigenvalue weighted by Crippen LogP contribution is -2.00. The Morgan fingerprint density at radius 2 is 2.06 bits per heavy atom. The summed E-state index contributed by atoms with van der Waals surface area (Å²) < 4.78 is 7.47. The molecule has 0 saturated heterocycles. The summed E-state index contributed by atoms with van der Waals surface area (Å²) >= 11 is 6.88. The molecule has 0 aliphatic rings. The van der Waals surface area contributed by atoms with E-state index in [2.05, 4.69) is 42.1 Å². The van der Waals surface area contributed by atoms with Crippen LogP contribution in [0, 0.1) is 0 Å². The molecule has 17 heavy (non-hydrogen) atoms. The standard InChI is InChI=1S/C11H11Br2N3O/c12-7-3-4-9(13)8(6-7)11-16-15-10(17-11)2-1-5-14/h3-4,6H,1-2,5,14H2. The molecule has 0 saturated carbocycles. The average molecular weight is 361 g/mol. The largest absolute Gasteiger partial charge is 0.421 e. The summed E-state index contributed by atoms with van der Waals surface area (Å²) in [6.45, 7) is 0.623. The number of rotatable bonds is 4. The van der Waals surface area contributed by atoms with Gasteiger partial charge >= 0.3 is 0 Å². The molecule has 0 unspecified atom stereocenters. The van der Waals surface area contributed by atoms with Crippen LogP contribution in [-0.4, -0.2) is 16.7 Å². The Hall–Kier alpha value is -0.720. The first-order chi connectivity index (χ1) is 8.20. The number of hydrogen-bond acceptors (Lipinski definition) is 4. The second-order valence-corrected chi connectivity index (χ2v) is 5.29. The third-order valence-corrected chi connectivity index (χ3v) is 3.41. The van der Waals surface area contributed by atoms with Crippen LogP contribution >= 0.6 is 31.9 Å². The molecule has 0 radical (unpaired) electrons. The Labute approximate surface area is 116 Å². The Balaban J connectivity index is 2.27. The van der Waals surface area contributed by atoms with Gasteiger partial charge in [0.05, 0.1) is 5.56 Å². The first kappa shape index (κ1) is 12.7. The molecule has 0 fully saturated rings. The predicted molar refractivity (Wildman–Crippen MR) is 72.5 cm³/mol. The van der Waals surface area contributed by atoms with E-state index in [9.17, 15) is 0 Å². The van der Waals surface area contributed by atoms with E-state index in [0.29, 0.717) is 18.3 Å². The molecule has 2 rings (SSSR count). The normalized spacial score (nSPS) is 10.8. The SMILES string of the molecule is NCCCc1nnc(-c2cc(Br)ccc2Br)o1. The molecule has 0 bridgehead atoms. The first-order valence-corrected chi connectivity index (χ1v) is 6.77. The van der Waals surface area contributed by atoms with E-state index < -0.39 is 0 Å². The van der Waals surface area contributed by atoms with E-state index in [1.54, 1.807) is 0 Å². The van der Waals surface area contributed by atoms with Gasteiger partial charge in [-0.15, -0.1) is 10.2 Å². The van der Waals surface area contributed by atoms with Crippen molar-refractivity contribution in [2.45, 2.75) is 12.8 Å². The van der Waals surface area contributed by atoms with Crippen LogP contribution in [0.1, 0.15) is 12.3 Å². The minimum absolute atomic E-state index is 0.519. The fourth-order valence-electron chi connectivity index (χ4n) is 1.38. The molecular weight excluding hydrogens is 350 g/mol. The fraction of sp³-hybridized carbons (Fsp3) is 0.273. The summed E-state index contributed by atoms with van der Waals surface area (Å²) in [5.41, 5.74) is 6.32. The van der Waals surface area contributed by atoms with Crippen molar-refractivity contribution in [2.24, 2.45) is 5.73 Å². The van der Waals surface area contributed by atoms with Crippen molar-refractivity contribution in [1.82, 2.24) is 10.2 Å².